The average molecular weight is 216 g/mol. The normalized spacial score (nSPS) is 31.7. The van der Waals surface area contributed by atoms with Crippen molar-refractivity contribution in [3.05, 3.63) is 0 Å². The van der Waals surface area contributed by atoms with Gasteiger partial charge >= 0.3 is 5.97 Å². The Morgan fingerprint density at radius 3 is 2.53 bits per heavy atom. The SMILES string of the molecule is CC(=O)O[C@H]1CCC(OC(C)C)O[C@H]1C. The molecule has 3 atom stereocenters. The lowest BCUT2D eigenvalue weighted by molar-refractivity contribution is -0.235. The van der Waals surface area contributed by atoms with Gasteiger partial charge in [-0.25, -0.2) is 0 Å². The average Bonchev–Trinajstić information content (AvgIpc) is 2.08. The van der Waals surface area contributed by atoms with Gasteiger partial charge < -0.3 is 14.2 Å². The summed E-state index contributed by atoms with van der Waals surface area (Å²) >= 11 is 0. The van der Waals surface area contributed by atoms with E-state index < -0.39 is 0 Å². The molecule has 0 aliphatic carbocycles. The van der Waals surface area contributed by atoms with Crippen molar-refractivity contribution in [3.63, 3.8) is 0 Å². The second kappa shape index (κ2) is 5.47. The number of rotatable bonds is 3. The van der Waals surface area contributed by atoms with E-state index in [-0.39, 0.29) is 30.6 Å². The molecule has 0 N–H and O–H groups in total. The Morgan fingerprint density at radius 2 is 2.07 bits per heavy atom. The van der Waals surface area contributed by atoms with Crippen LogP contribution in [0.2, 0.25) is 0 Å². The van der Waals surface area contributed by atoms with Crippen LogP contribution in [-0.2, 0) is 19.0 Å². The Kier molecular flexibility index (Phi) is 4.54. The van der Waals surface area contributed by atoms with Gasteiger partial charge in [0.1, 0.15) is 6.10 Å². The van der Waals surface area contributed by atoms with Gasteiger partial charge in [0.25, 0.3) is 0 Å². The largest absolute Gasteiger partial charge is 0.460 e. The fraction of sp³-hybridized carbons (Fsp3) is 0.909. The van der Waals surface area contributed by atoms with Crippen LogP contribution in [0.5, 0.6) is 0 Å². The summed E-state index contributed by atoms with van der Waals surface area (Å²) in [5.41, 5.74) is 0. The highest BCUT2D eigenvalue weighted by molar-refractivity contribution is 5.66. The zero-order valence-corrected chi connectivity index (χ0v) is 9.86. The maximum atomic E-state index is 10.8. The van der Waals surface area contributed by atoms with Crippen molar-refractivity contribution in [1.29, 1.82) is 0 Å². The van der Waals surface area contributed by atoms with Crippen LogP contribution in [-0.4, -0.2) is 30.6 Å². The van der Waals surface area contributed by atoms with Gasteiger partial charge in [-0.05, 0) is 27.2 Å². The monoisotopic (exact) mass is 216 g/mol. The van der Waals surface area contributed by atoms with Crippen LogP contribution < -0.4 is 0 Å². The summed E-state index contributed by atoms with van der Waals surface area (Å²) < 4.78 is 16.3. The second-order valence-electron chi connectivity index (χ2n) is 4.18. The van der Waals surface area contributed by atoms with E-state index in [9.17, 15) is 4.79 Å². The van der Waals surface area contributed by atoms with Crippen molar-refractivity contribution < 1.29 is 19.0 Å². The molecule has 1 unspecified atom stereocenters. The van der Waals surface area contributed by atoms with Gasteiger partial charge in [-0.1, -0.05) is 0 Å². The number of carbonyl (C=O) groups excluding carboxylic acids is 1. The maximum Gasteiger partial charge on any atom is 0.302 e. The minimum Gasteiger partial charge on any atom is -0.460 e. The Labute approximate surface area is 90.9 Å². The molecule has 4 nitrogen and oxygen atoms in total. The maximum absolute atomic E-state index is 10.8. The minimum atomic E-state index is -0.251. The predicted molar refractivity (Wildman–Crippen MR) is 55.3 cm³/mol. The lowest BCUT2D eigenvalue weighted by atomic mass is 10.1. The Hall–Kier alpha value is -0.610. The second-order valence-corrected chi connectivity index (χ2v) is 4.18. The molecule has 1 aliphatic heterocycles. The minimum absolute atomic E-state index is 0.0913. The number of hydrogen-bond donors (Lipinski definition) is 0. The highest BCUT2D eigenvalue weighted by Crippen LogP contribution is 2.23. The molecular formula is C11H20O4. The summed E-state index contributed by atoms with van der Waals surface area (Å²) in [5, 5.41) is 0. The van der Waals surface area contributed by atoms with Crippen LogP contribution >= 0.6 is 0 Å². The molecule has 0 aromatic heterocycles. The van der Waals surface area contributed by atoms with Crippen molar-refractivity contribution in [2.75, 3.05) is 0 Å². The smallest absolute Gasteiger partial charge is 0.302 e. The van der Waals surface area contributed by atoms with E-state index in [0.717, 1.165) is 12.8 Å². The van der Waals surface area contributed by atoms with Gasteiger partial charge in [-0.15, -0.1) is 0 Å². The van der Waals surface area contributed by atoms with Crippen molar-refractivity contribution in [3.8, 4) is 0 Å². The molecule has 1 fully saturated rings. The first-order chi connectivity index (χ1) is 6.99. The van der Waals surface area contributed by atoms with E-state index >= 15 is 0 Å². The standard InChI is InChI=1S/C11H20O4/c1-7(2)13-11-6-5-10(8(3)14-11)15-9(4)12/h7-8,10-11H,5-6H2,1-4H3/t8-,10-,11?/m0/s1. The lowest BCUT2D eigenvalue weighted by Gasteiger charge is -2.34. The van der Waals surface area contributed by atoms with Crippen LogP contribution in [0.3, 0.4) is 0 Å². The quantitative estimate of drug-likeness (QED) is 0.675. The molecule has 0 saturated carbocycles. The summed E-state index contributed by atoms with van der Waals surface area (Å²) in [4.78, 5) is 10.8. The third-order valence-electron chi connectivity index (χ3n) is 2.32. The summed E-state index contributed by atoms with van der Waals surface area (Å²) in [7, 11) is 0. The van der Waals surface area contributed by atoms with Crippen LogP contribution in [0, 0.1) is 0 Å². The molecule has 0 spiro atoms. The molecule has 1 aliphatic rings. The van der Waals surface area contributed by atoms with Crippen molar-refractivity contribution in [1.82, 2.24) is 0 Å². The van der Waals surface area contributed by atoms with Gasteiger partial charge in [0.2, 0.25) is 0 Å². The van der Waals surface area contributed by atoms with E-state index in [2.05, 4.69) is 0 Å². The van der Waals surface area contributed by atoms with Crippen LogP contribution in [0.25, 0.3) is 0 Å². The molecular weight excluding hydrogens is 196 g/mol. The zero-order chi connectivity index (χ0) is 11.4. The first-order valence-corrected chi connectivity index (χ1v) is 5.47. The van der Waals surface area contributed by atoms with Crippen LogP contribution in [0.15, 0.2) is 0 Å². The zero-order valence-electron chi connectivity index (χ0n) is 9.86. The van der Waals surface area contributed by atoms with Gasteiger partial charge in [-0.2, -0.15) is 0 Å². The number of hydrogen-bond acceptors (Lipinski definition) is 4. The number of esters is 1. The van der Waals surface area contributed by atoms with E-state index in [1.165, 1.54) is 6.92 Å². The van der Waals surface area contributed by atoms with Gasteiger partial charge in [0.05, 0.1) is 12.2 Å². The van der Waals surface area contributed by atoms with Crippen molar-refractivity contribution >= 4 is 5.97 Å². The molecule has 0 radical (unpaired) electrons. The molecule has 0 amide bonds. The fourth-order valence-electron chi connectivity index (χ4n) is 1.70. The highest BCUT2D eigenvalue weighted by atomic mass is 16.7. The van der Waals surface area contributed by atoms with Crippen LogP contribution in [0.4, 0.5) is 0 Å². The van der Waals surface area contributed by atoms with Crippen molar-refractivity contribution in [2.45, 2.75) is 65.1 Å². The van der Waals surface area contributed by atoms with E-state index in [0.29, 0.717) is 0 Å². The van der Waals surface area contributed by atoms with Crippen molar-refractivity contribution in [2.24, 2.45) is 0 Å². The summed E-state index contributed by atoms with van der Waals surface area (Å²) in [6, 6.07) is 0. The molecule has 0 aromatic rings. The highest BCUT2D eigenvalue weighted by Gasteiger charge is 2.30. The molecule has 1 heterocycles. The molecule has 1 saturated heterocycles. The topological polar surface area (TPSA) is 44.8 Å². The third-order valence-corrected chi connectivity index (χ3v) is 2.32. The molecule has 4 heteroatoms. The number of carbonyl (C=O) groups is 1. The molecule has 15 heavy (non-hydrogen) atoms. The van der Waals surface area contributed by atoms with Gasteiger partial charge in [-0.3, -0.25) is 4.79 Å². The summed E-state index contributed by atoms with van der Waals surface area (Å²) in [6.07, 6.45) is 1.36. The predicted octanol–water partition coefficient (Wildman–Crippen LogP) is 1.87. The molecule has 88 valence electrons. The van der Waals surface area contributed by atoms with E-state index in [4.69, 9.17) is 14.2 Å². The Bertz CT molecular complexity index is 215. The molecule has 0 aromatic carbocycles. The summed E-state index contributed by atoms with van der Waals surface area (Å²) in [5.74, 6) is -0.251. The first kappa shape index (κ1) is 12.5. The first-order valence-electron chi connectivity index (χ1n) is 5.47. The fourth-order valence-corrected chi connectivity index (χ4v) is 1.70. The number of ether oxygens (including phenoxy) is 3. The van der Waals surface area contributed by atoms with Gasteiger partial charge in [0, 0.05) is 13.3 Å². The lowest BCUT2D eigenvalue weighted by Crippen LogP contribution is -2.41. The Morgan fingerprint density at radius 1 is 1.40 bits per heavy atom. The molecule has 1 rings (SSSR count). The summed E-state index contributed by atoms with van der Waals surface area (Å²) in [6.45, 7) is 7.28. The van der Waals surface area contributed by atoms with E-state index in [1.54, 1.807) is 0 Å². The molecule has 0 bridgehead atoms. The van der Waals surface area contributed by atoms with E-state index in [1.807, 2.05) is 20.8 Å². The van der Waals surface area contributed by atoms with Gasteiger partial charge in [0.15, 0.2) is 6.29 Å². The van der Waals surface area contributed by atoms with Crippen LogP contribution in [0.1, 0.15) is 40.5 Å². The third kappa shape index (κ3) is 4.18. The Balaban J connectivity index is 2.37.